The fourth-order valence-corrected chi connectivity index (χ4v) is 2.36. The zero-order chi connectivity index (χ0) is 11.8. The second-order valence-corrected chi connectivity index (χ2v) is 4.29. The normalized spacial score (nSPS) is 16.6. The van der Waals surface area contributed by atoms with E-state index in [0.29, 0.717) is 0 Å². The molecule has 3 rings (SSSR count). The maximum absolute atomic E-state index is 6.00. The van der Waals surface area contributed by atoms with Gasteiger partial charge in [-0.05, 0) is 12.1 Å². The first-order valence-electron chi connectivity index (χ1n) is 5.81. The molecule has 0 radical (unpaired) electrons. The fraction of sp³-hybridized carbons (Fsp3) is 0.417. The highest BCUT2D eigenvalue weighted by atomic mass is 16.5. The monoisotopic (exact) mass is 232 g/mol. The molecule has 5 heteroatoms. The number of nitrogen functional groups attached to an aromatic ring is 1. The summed E-state index contributed by atoms with van der Waals surface area (Å²) in [6.45, 7) is 3.31. The number of ether oxygens (including phenoxy) is 1. The molecule has 0 unspecified atom stereocenters. The standard InChI is InChI=1S/C12H16N4O/c1-15-11-9(3-2-4-10(11)13)12(14-15)16-5-7-17-8-6-16/h2-4H,5-8,13H2,1H3. The SMILES string of the molecule is Cn1nc(N2CCOCC2)c2cccc(N)c21. The van der Waals surface area contributed by atoms with Crippen molar-refractivity contribution in [2.75, 3.05) is 36.9 Å². The van der Waals surface area contributed by atoms with Crippen LogP contribution in [0.25, 0.3) is 10.9 Å². The number of rotatable bonds is 1. The van der Waals surface area contributed by atoms with E-state index in [4.69, 9.17) is 10.5 Å². The zero-order valence-corrected chi connectivity index (χ0v) is 9.89. The molecule has 0 bridgehead atoms. The Morgan fingerprint density at radius 2 is 2.06 bits per heavy atom. The number of morpholine rings is 1. The molecule has 2 heterocycles. The van der Waals surface area contributed by atoms with Gasteiger partial charge in [0.05, 0.1) is 24.4 Å². The van der Waals surface area contributed by atoms with Gasteiger partial charge in [0.2, 0.25) is 0 Å². The Morgan fingerprint density at radius 1 is 1.29 bits per heavy atom. The summed E-state index contributed by atoms with van der Waals surface area (Å²) in [5.74, 6) is 1.01. The van der Waals surface area contributed by atoms with Crippen LogP contribution in [0, 0.1) is 0 Å². The summed E-state index contributed by atoms with van der Waals surface area (Å²) in [6, 6.07) is 5.96. The van der Waals surface area contributed by atoms with Gasteiger partial charge in [-0.25, -0.2) is 0 Å². The topological polar surface area (TPSA) is 56.3 Å². The summed E-state index contributed by atoms with van der Waals surface area (Å²) >= 11 is 0. The van der Waals surface area contributed by atoms with Crippen molar-refractivity contribution in [3.05, 3.63) is 18.2 Å². The Kier molecular flexibility index (Phi) is 2.40. The molecule has 1 aliphatic heterocycles. The Labute approximate surface area is 99.8 Å². The summed E-state index contributed by atoms with van der Waals surface area (Å²) in [5.41, 5.74) is 7.78. The summed E-state index contributed by atoms with van der Waals surface area (Å²) in [4.78, 5) is 2.26. The molecule has 0 aliphatic carbocycles. The van der Waals surface area contributed by atoms with E-state index in [2.05, 4.69) is 16.1 Å². The third kappa shape index (κ3) is 1.63. The van der Waals surface area contributed by atoms with Crippen LogP contribution in [0.4, 0.5) is 11.5 Å². The highest BCUT2D eigenvalue weighted by Gasteiger charge is 2.18. The first kappa shape index (κ1) is 10.4. The van der Waals surface area contributed by atoms with E-state index in [1.54, 1.807) is 0 Å². The Bertz CT molecular complexity index is 543. The van der Waals surface area contributed by atoms with Gasteiger partial charge in [-0.15, -0.1) is 0 Å². The van der Waals surface area contributed by atoms with Crippen molar-refractivity contribution < 1.29 is 4.74 Å². The number of aromatic nitrogens is 2. The molecule has 1 fully saturated rings. The highest BCUT2D eigenvalue weighted by Crippen LogP contribution is 2.29. The molecule has 5 nitrogen and oxygen atoms in total. The molecular formula is C12H16N4O. The van der Waals surface area contributed by atoms with E-state index in [1.165, 1.54) is 0 Å². The molecule has 1 aliphatic rings. The summed E-state index contributed by atoms with van der Waals surface area (Å²) in [6.07, 6.45) is 0. The van der Waals surface area contributed by atoms with Crippen molar-refractivity contribution in [3.8, 4) is 0 Å². The number of para-hydroxylation sites is 1. The largest absolute Gasteiger partial charge is 0.397 e. The zero-order valence-electron chi connectivity index (χ0n) is 9.89. The van der Waals surface area contributed by atoms with Crippen molar-refractivity contribution in [3.63, 3.8) is 0 Å². The number of benzene rings is 1. The molecule has 17 heavy (non-hydrogen) atoms. The maximum Gasteiger partial charge on any atom is 0.158 e. The smallest absolute Gasteiger partial charge is 0.158 e. The van der Waals surface area contributed by atoms with E-state index >= 15 is 0 Å². The van der Waals surface area contributed by atoms with Gasteiger partial charge < -0.3 is 15.4 Å². The number of fused-ring (bicyclic) bond motifs is 1. The molecular weight excluding hydrogens is 216 g/mol. The molecule has 0 spiro atoms. The fourth-order valence-electron chi connectivity index (χ4n) is 2.36. The van der Waals surface area contributed by atoms with Gasteiger partial charge in [0.25, 0.3) is 0 Å². The molecule has 0 atom stereocenters. The first-order valence-corrected chi connectivity index (χ1v) is 5.81. The predicted molar refractivity (Wildman–Crippen MR) is 68.2 cm³/mol. The maximum atomic E-state index is 6.00. The quantitative estimate of drug-likeness (QED) is 0.745. The highest BCUT2D eigenvalue weighted by molar-refractivity contribution is 5.97. The Hall–Kier alpha value is -1.75. The molecule has 0 saturated carbocycles. The molecule has 1 aromatic carbocycles. The number of anilines is 2. The number of aryl methyl sites for hydroxylation is 1. The summed E-state index contributed by atoms with van der Waals surface area (Å²) in [5, 5.41) is 5.70. The van der Waals surface area contributed by atoms with Crippen LogP contribution in [0.5, 0.6) is 0 Å². The van der Waals surface area contributed by atoms with Crippen LogP contribution in [-0.2, 0) is 11.8 Å². The van der Waals surface area contributed by atoms with Gasteiger partial charge in [0.15, 0.2) is 5.82 Å². The van der Waals surface area contributed by atoms with Crippen LogP contribution in [0.3, 0.4) is 0 Å². The number of nitrogens with zero attached hydrogens (tertiary/aromatic N) is 3. The molecule has 1 aromatic heterocycles. The van der Waals surface area contributed by atoms with Crippen molar-refractivity contribution in [2.24, 2.45) is 7.05 Å². The Morgan fingerprint density at radius 3 is 2.82 bits per heavy atom. The van der Waals surface area contributed by atoms with Crippen LogP contribution >= 0.6 is 0 Å². The minimum atomic E-state index is 0.764. The van der Waals surface area contributed by atoms with Gasteiger partial charge in [0, 0.05) is 25.5 Å². The predicted octanol–water partition coefficient (Wildman–Crippen LogP) is 0.992. The number of hydrogen-bond acceptors (Lipinski definition) is 4. The van der Waals surface area contributed by atoms with E-state index in [9.17, 15) is 0 Å². The van der Waals surface area contributed by atoms with Crippen LogP contribution in [-0.4, -0.2) is 36.1 Å². The summed E-state index contributed by atoms with van der Waals surface area (Å²) < 4.78 is 7.22. The van der Waals surface area contributed by atoms with Gasteiger partial charge in [-0.2, -0.15) is 5.10 Å². The lowest BCUT2D eigenvalue weighted by Gasteiger charge is -2.26. The number of hydrogen-bond donors (Lipinski definition) is 1. The Balaban J connectivity index is 2.13. The molecule has 90 valence electrons. The summed E-state index contributed by atoms with van der Waals surface area (Å²) in [7, 11) is 1.93. The molecule has 2 N–H and O–H groups in total. The average molecular weight is 232 g/mol. The van der Waals surface area contributed by atoms with Gasteiger partial charge in [-0.3, -0.25) is 4.68 Å². The van der Waals surface area contributed by atoms with Gasteiger partial charge >= 0.3 is 0 Å². The van der Waals surface area contributed by atoms with Crippen molar-refractivity contribution in [1.29, 1.82) is 0 Å². The van der Waals surface area contributed by atoms with Crippen LogP contribution in [0.15, 0.2) is 18.2 Å². The molecule has 2 aromatic rings. The van der Waals surface area contributed by atoms with Crippen LogP contribution < -0.4 is 10.6 Å². The minimum Gasteiger partial charge on any atom is -0.397 e. The third-order valence-electron chi connectivity index (χ3n) is 3.19. The third-order valence-corrected chi connectivity index (χ3v) is 3.19. The second kappa shape index (κ2) is 3.92. The minimum absolute atomic E-state index is 0.764. The second-order valence-electron chi connectivity index (χ2n) is 4.29. The van der Waals surface area contributed by atoms with Gasteiger partial charge in [-0.1, -0.05) is 6.07 Å². The lowest BCUT2D eigenvalue weighted by Crippen LogP contribution is -2.36. The van der Waals surface area contributed by atoms with Crippen molar-refractivity contribution >= 4 is 22.4 Å². The first-order chi connectivity index (χ1) is 8.27. The lowest BCUT2D eigenvalue weighted by molar-refractivity contribution is 0.122. The number of nitrogens with two attached hydrogens (primary N) is 1. The van der Waals surface area contributed by atoms with Crippen LogP contribution in [0.2, 0.25) is 0 Å². The van der Waals surface area contributed by atoms with Gasteiger partial charge in [0.1, 0.15) is 0 Å². The van der Waals surface area contributed by atoms with E-state index in [1.807, 2.05) is 23.9 Å². The van der Waals surface area contributed by atoms with E-state index in [-0.39, 0.29) is 0 Å². The van der Waals surface area contributed by atoms with Crippen molar-refractivity contribution in [1.82, 2.24) is 9.78 Å². The molecule has 1 saturated heterocycles. The van der Waals surface area contributed by atoms with E-state index in [0.717, 1.165) is 48.7 Å². The van der Waals surface area contributed by atoms with Crippen LogP contribution in [0.1, 0.15) is 0 Å². The van der Waals surface area contributed by atoms with Crippen molar-refractivity contribution in [2.45, 2.75) is 0 Å². The van der Waals surface area contributed by atoms with E-state index < -0.39 is 0 Å². The lowest BCUT2D eigenvalue weighted by atomic mass is 10.2. The average Bonchev–Trinajstić information content (AvgIpc) is 2.69. The molecule has 0 amide bonds.